The Morgan fingerprint density at radius 1 is 0.842 bits per heavy atom. The van der Waals surface area contributed by atoms with Gasteiger partial charge in [-0.15, -0.1) is 0 Å². The summed E-state index contributed by atoms with van der Waals surface area (Å²) < 4.78 is 26.4. The molecule has 3 aromatic rings. The second-order valence-electron chi connectivity index (χ2n) is 8.46. The Morgan fingerprint density at radius 2 is 1.45 bits per heavy atom. The van der Waals surface area contributed by atoms with Gasteiger partial charge >= 0.3 is 0 Å². The third-order valence-corrected chi connectivity index (χ3v) is 8.34. The van der Waals surface area contributed by atoms with Crippen LogP contribution in [-0.4, -0.2) is 51.0 Å². The first-order valence-electron chi connectivity index (χ1n) is 11.3. The van der Waals surface area contributed by atoms with Crippen molar-refractivity contribution in [2.24, 2.45) is 0 Å². The number of hydrogen-bond donors (Lipinski definition) is 1. The zero-order valence-corrected chi connectivity index (χ0v) is 24.3. The molecule has 202 valence electrons. The van der Waals surface area contributed by atoms with E-state index in [1.807, 2.05) is 30.3 Å². The maximum atomic E-state index is 13.9. The van der Waals surface area contributed by atoms with Crippen molar-refractivity contribution in [3.8, 4) is 0 Å². The highest BCUT2D eigenvalue weighted by atomic mass is 35.5. The lowest BCUT2D eigenvalue weighted by Crippen LogP contribution is -2.52. The van der Waals surface area contributed by atoms with Gasteiger partial charge in [-0.2, -0.15) is 0 Å². The maximum Gasteiger partial charge on any atom is 0.244 e. The van der Waals surface area contributed by atoms with Gasteiger partial charge < -0.3 is 10.2 Å². The molecule has 0 radical (unpaired) electrons. The van der Waals surface area contributed by atoms with Gasteiger partial charge in [-0.25, -0.2) is 8.42 Å². The molecule has 0 aromatic heterocycles. The molecule has 0 saturated carbocycles. The van der Waals surface area contributed by atoms with E-state index < -0.39 is 34.4 Å². The van der Waals surface area contributed by atoms with Gasteiger partial charge in [0.2, 0.25) is 21.8 Å². The molecule has 7 nitrogen and oxygen atoms in total. The van der Waals surface area contributed by atoms with Crippen LogP contribution in [0.25, 0.3) is 0 Å². The minimum atomic E-state index is -3.93. The monoisotopic (exact) mass is 615 g/mol. The molecule has 0 fully saturated rings. The van der Waals surface area contributed by atoms with E-state index in [2.05, 4.69) is 5.32 Å². The van der Waals surface area contributed by atoms with E-state index in [-0.39, 0.29) is 33.7 Å². The van der Waals surface area contributed by atoms with E-state index in [1.165, 1.54) is 30.1 Å². The number of halogens is 4. The van der Waals surface area contributed by atoms with Crippen molar-refractivity contribution in [2.75, 3.05) is 24.2 Å². The predicted octanol–water partition coefficient (Wildman–Crippen LogP) is 5.45. The van der Waals surface area contributed by atoms with Gasteiger partial charge in [0.25, 0.3) is 0 Å². The minimum absolute atomic E-state index is 0.0282. The molecule has 0 aliphatic carbocycles. The summed E-state index contributed by atoms with van der Waals surface area (Å²) >= 11 is 24.4. The van der Waals surface area contributed by atoms with Crippen molar-refractivity contribution in [1.29, 1.82) is 0 Å². The summed E-state index contributed by atoms with van der Waals surface area (Å²) in [6, 6.07) is 17.4. The highest BCUT2D eigenvalue weighted by Crippen LogP contribution is 2.29. The fraction of sp³-hybridized carbons (Fsp3) is 0.231. The van der Waals surface area contributed by atoms with Crippen LogP contribution in [-0.2, 0) is 32.6 Å². The fourth-order valence-electron chi connectivity index (χ4n) is 3.81. The number of amides is 2. The number of carbonyl (C=O) groups is 2. The number of rotatable bonds is 10. The summed E-state index contributed by atoms with van der Waals surface area (Å²) in [5, 5.41) is 3.60. The molecule has 38 heavy (non-hydrogen) atoms. The third-order valence-electron chi connectivity index (χ3n) is 5.72. The summed E-state index contributed by atoms with van der Waals surface area (Å²) in [7, 11) is -2.45. The van der Waals surface area contributed by atoms with Crippen LogP contribution in [0.3, 0.4) is 0 Å². The molecule has 2 amide bonds. The Bertz CT molecular complexity index is 1420. The van der Waals surface area contributed by atoms with Crippen molar-refractivity contribution in [1.82, 2.24) is 10.2 Å². The summed E-state index contributed by atoms with van der Waals surface area (Å²) in [5.41, 5.74) is 1.58. The van der Waals surface area contributed by atoms with Crippen molar-refractivity contribution in [3.63, 3.8) is 0 Å². The number of benzene rings is 3. The van der Waals surface area contributed by atoms with Gasteiger partial charge in [-0.3, -0.25) is 13.9 Å². The minimum Gasteiger partial charge on any atom is -0.357 e. The van der Waals surface area contributed by atoms with Crippen LogP contribution < -0.4 is 9.62 Å². The Morgan fingerprint density at radius 3 is 2.00 bits per heavy atom. The SMILES string of the molecule is CNC(=O)C(Cc1ccccc1)N(Cc1ccc(Cl)c(Cl)c1)C(=O)CN(c1ccc(Cl)c(Cl)c1)S(C)(=O)=O. The lowest BCUT2D eigenvalue weighted by molar-refractivity contribution is -0.139. The molecule has 0 aliphatic rings. The lowest BCUT2D eigenvalue weighted by Gasteiger charge is -2.33. The van der Waals surface area contributed by atoms with Gasteiger partial charge in [0.15, 0.2) is 0 Å². The molecule has 1 unspecified atom stereocenters. The molecule has 0 heterocycles. The Kier molecular flexibility index (Phi) is 10.3. The summed E-state index contributed by atoms with van der Waals surface area (Å²) in [5.74, 6) is -1.03. The van der Waals surface area contributed by atoms with Crippen LogP contribution in [0.5, 0.6) is 0 Å². The number of carbonyl (C=O) groups excluding carboxylic acids is 2. The molecule has 12 heteroatoms. The second-order valence-corrected chi connectivity index (χ2v) is 12.0. The zero-order valence-electron chi connectivity index (χ0n) is 20.5. The first kappa shape index (κ1) is 30.1. The van der Waals surface area contributed by atoms with Crippen LogP contribution in [0, 0.1) is 0 Å². The van der Waals surface area contributed by atoms with E-state index in [9.17, 15) is 18.0 Å². The quantitative estimate of drug-likeness (QED) is 0.328. The summed E-state index contributed by atoms with van der Waals surface area (Å²) in [4.78, 5) is 28.3. The number of anilines is 1. The molecule has 1 atom stereocenters. The molecule has 0 saturated heterocycles. The maximum absolute atomic E-state index is 13.9. The number of hydrogen-bond acceptors (Lipinski definition) is 4. The van der Waals surface area contributed by atoms with Gasteiger partial charge in [0, 0.05) is 20.0 Å². The van der Waals surface area contributed by atoms with Crippen LogP contribution in [0.15, 0.2) is 66.7 Å². The van der Waals surface area contributed by atoms with Crippen molar-refractivity contribution < 1.29 is 18.0 Å². The number of likely N-dealkylation sites (N-methyl/N-ethyl adjacent to an activating group) is 1. The molecule has 0 spiro atoms. The van der Waals surface area contributed by atoms with E-state index >= 15 is 0 Å². The van der Waals surface area contributed by atoms with Crippen molar-refractivity contribution >= 4 is 73.9 Å². The van der Waals surface area contributed by atoms with Crippen molar-refractivity contribution in [3.05, 3.63) is 97.9 Å². The molecule has 3 rings (SSSR count). The number of nitrogens with zero attached hydrogens (tertiary/aromatic N) is 2. The van der Waals surface area contributed by atoms with E-state index in [4.69, 9.17) is 46.4 Å². The van der Waals surface area contributed by atoms with Gasteiger partial charge in [-0.05, 0) is 41.5 Å². The van der Waals surface area contributed by atoms with Gasteiger partial charge in [0.05, 0.1) is 32.0 Å². The Hall–Kier alpha value is -2.49. The van der Waals surface area contributed by atoms with Crippen LogP contribution in [0.2, 0.25) is 20.1 Å². The average Bonchev–Trinajstić information content (AvgIpc) is 2.87. The topological polar surface area (TPSA) is 86.8 Å². The van der Waals surface area contributed by atoms with E-state index in [0.29, 0.717) is 10.6 Å². The molecule has 0 bridgehead atoms. The molecular formula is C26H25Cl4N3O4S. The van der Waals surface area contributed by atoms with E-state index in [0.717, 1.165) is 16.1 Å². The average molecular weight is 617 g/mol. The smallest absolute Gasteiger partial charge is 0.244 e. The molecule has 3 aromatic carbocycles. The van der Waals surface area contributed by atoms with Gasteiger partial charge in [0.1, 0.15) is 12.6 Å². The largest absolute Gasteiger partial charge is 0.357 e. The molecule has 1 N–H and O–H groups in total. The third kappa shape index (κ3) is 7.77. The Labute approximate surface area is 242 Å². The zero-order chi connectivity index (χ0) is 28.0. The first-order valence-corrected chi connectivity index (χ1v) is 14.7. The Balaban J connectivity index is 2.05. The van der Waals surface area contributed by atoms with Crippen LogP contribution in [0.1, 0.15) is 11.1 Å². The van der Waals surface area contributed by atoms with Crippen LogP contribution >= 0.6 is 46.4 Å². The first-order chi connectivity index (χ1) is 17.9. The van der Waals surface area contributed by atoms with E-state index in [1.54, 1.807) is 18.2 Å². The summed E-state index contributed by atoms with van der Waals surface area (Å²) in [6.07, 6.45) is 1.17. The normalized spacial score (nSPS) is 12.1. The number of sulfonamides is 1. The predicted molar refractivity (Wildman–Crippen MR) is 154 cm³/mol. The summed E-state index contributed by atoms with van der Waals surface area (Å²) in [6.45, 7) is -0.611. The molecular weight excluding hydrogens is 592 g/mol. The highest BCUT2D eigenvalue weighted by Gasteiger charge is 2.32. The lowest BCUT2D eigenvalue weighted by atomic mass is 10.0. The van der Waals surface area contributed by atoms with Crippen LogP contribution in [0.4, 0.5) is 5.69 Å². The molecule has 0 aliphatic heterocycles. The van der Waals surface area contributed by atoms with Gasteiger partial charge in [-0.1, -0.05) is 82.8 Å². The highest BCUT2D eigenvalue weighted by molar-refractivity contribution is 7.92. The second kappa shape index (κ2) is 13.0. The fourth-order valence-corrected chi connectivity index (χ4v) is 5.26. The number of nitrogens with one attached hydrogen (secondary N) is 1. The standard InChI is InChI=1S/C26H25Cl4N3O4S/c1-31-26(35)24(13-17-6-4-3-5-7-17)32(15-18-8-10-20(27)22(29)12-18)25(34)16-33(38(2,36)37)19-9-11-21(28)23(30)14-19/h3-12,14,24H,13,15-16H2,1-2H3,(H,31,35). The van der Waals surface area contributed by atoms with Crippen molar-refractivity contribution in [2.45, 2.75) is 19.0 Å².